The van der Waals surface area contributed by atoms with Gasteiger partial charge in [-0.2, -0.15) is 0 Å². The lowest BCUT2D eigenvalue weighted by Gasteiger charge is -2.33. The molecule has 1 amide bonds. The quantitative estimate of drug-likeness (QED) is 0.733. The minimum absolute atomic E-state index is 0.0132. The van der Waals surface area contributed by atoms with Gasteiger partial charge in [0, 0.05) is 36.4 Å². The molecule has 1 aliphatic heterocycles. The van der Waals surface area contributed by atoms with Crippen LogP contribution in [0.4, 0.5) is 10.2 Å². The largest absolute Gasteiger partial charge is 0.356 e. The second-order valence-electron chi connectivity index (χ2n) is 6.19. The highest BCUT2D eigenvalue weighted by molar-refractivity contribution is 6.31. The zero-order valence-electron chi connectivity index (χ0n) is 14.0. The van der Waals surface area contributed by atoms with Gasteiger partial charge in [-0.05, 0) is 19.4 Å². The summed E-state index contributed by atoms with van der Waals surface area (Å²) in [5.74, 6) is -0.388. The molecule has 0 radical (unpaired) electrons. The third-order valence-electron chi connectivity index (χ3n) is 4.37. The van der Waals surface area contributed by atoms with Crippen molar-refractivity contribution in [2.45, 2.75) is 19.4 Å². The molecule has 26 heavy (non-hydrogen) atoms. The van der Waals surface area contributed by atoms with Crippen LogP contribution in [0.2, 0.25) is 5.02 Å². The average Bonchev–Trinajstić information content (AvgIpc) is 2.98. The first-order valence-electron chi connectivity index (χ1n) is 8.24. The minimum atomic E-state index is -0.618. The molecule has 1 aliphatic rings. The van der Waals surface area contributed by atoms with E-state index in [-0.39, 0.29) is 11.7 Å². The van der Waals surface area contributed by atoms with E-state index in [0.29, 0.717) is 22.1 Å². The molecule has 1 fully saturated rings. The van der Waals surface area contributed by atoms with Crippen LogP contribution in [0.15, 0.2) is 24.7 Å². The molecule has 3 aromatic heterocycles. The van der Waals surface area contributed by atoms with Gasteiger partial charge < -0.3 is 15.2 Å². The van der Waals surface area contributed by atoms with E-state index in [4.69, 9.17) is 11.6 Å². The third kappa shape index (κ3) is 2.96. The molecule has 7 nitrogen and oxygen atoms in total. The number of amides is 1. The van der Waals surface area contributed by atoms with Gasteiger partial charge in [-0.25, -0.2) is 19.3 Å². The number of pyridine rings is 1. The van der Waals surface area contributed by atoms with E-state index in [1.807, 2.05) is 0 Å². The fourth-order valence-corrected chi connectivity index (χ4v) is 3.00. The lowest BCUT2D eigenvalue weighted by Crippen LogP contribution is -2.48. The van der Waals surface area contributed by atoms with Gasteiger partial charge in [0.25, 0.3) is 0 Å². The van der Waals surface area contributed by atoms with Crippen LogP contribution >= 0.6 is 11.6 Å². The smallest absolute Gasteiger partial charge is 0.244 e. The number of carbonyl (C=O) groups is 1. The zero-order chi connectivity index (χ0) is 18.3. The molecule has 0 bridgehead atoms. The van der Waals surface area contributed by atoms with E-state index in [1.54, 1.807) is 24.1 Å². The van der Waals surface area contributed by atoms with Crippen LogP contribution < -0.4 is 5.32 Å². The first-order valence-corrected chi connectivity index (χ1v) is 8.61. The van der Waals surface area contributed by atoms with Crippen molar-refractivity contribution in [1.82, 2.24) is 24.8 Å². The summed E-state index contributed by atoms with van der Waals surface area (Å²) in [4.78, 5) is 29.5. The van der Waals surface area contributed by atoms with Crippen LogP contribution in [0.5, 0.6) is 0 Å². The fraction of sp³-hybridized carbons (Fsp3) is 0.294. The van der Waals surface area contributed by atoms with Crippen molar-refractivity contribution in [2.24, 2.45) is 0 Å². The number of likely N-dealkylation sites (tertiary alicyclic amines) is 1. The standard InChI is InChI=1S/C17H16ClFN6O/c1-9(17(26)25-3-2-4-25)23-16-13(19)8-22-15(24-16)12-7-21-14-11(12)5-10(18)6-20-14/h5-9H,2-4H2,1H3,(H,20,21)(H,22,23,24)/t9-/m1/s1. The molecule has 1 atom stereocenters. The van der Waals surface area contributed by atoms with E-state index < -0.39 is 11.9 Å². The number of rotatable bonds is 4. The maximum atomic E-state index is 14.2. The van der Waals surface area contributed by atoms with Crippen molar-refractivity contribution >= 4 is 34.4 Å². The summed E-state index contributed by atoms with van der Waals surface area (Å²) in [6.07, 6.45) is 5.31. The summed E-state index contributed by atoms with van der Waals surface area (Å²) in [6.45, 7) is 3.17. The highest BCUT2D eigenvalue weighted by Gasteiger charge is 2.26. The van der Waals surface area contributed by atoms with Gasteiger partial charge >= 0.3 is 0 Å². The highest BCUT2D eigenvalue weighted by Crippen LogP contribution is 2.28. The van der Waals surface area contributed by atoms with Gasteiger partial charge in [0.15, 0.2) is 17.5 Å². The fourth-order valence-electron chi connectivity index (χ4n) is 2.84. The SMILES string of the molecule is C[C@@H](Nc1nc(-c2c[nH]c3ncc(Cl)cc23)ncc1F)C(=O)N1CCC1. The number of aromatic amines is 1. The number of carbonyl (C=O) groups excluding carboxylic acids is 1. The maximum Gasteiger partial charge on any atom is 0.244 e. The zero-order valence-corrected chi connectivity index (χ0v) is 14.7. The van der Waals surface area contributed by atoms with Crippen molar-refractivity contribution in [3.05, 3.63) is 35.5 Å². The second-order valence-corrected chi connectivity index (χ2v) is 6.62. The molecule has 0 aromatic carbocycles. The van der Waals surface area contributed by atoms with E-state index in [9.17, 15) is 9.18 Å². The molecule has 0 spiro atoms. The van der Waals surface area contributed by atoms with E-state index in [1.165, 1.54) is 6.20 Å². The summed E-state index contributed by atoms with van der Waals surface area (Å²) in [5.41, 5.74) is 1.29. The third-order valence-corrected chi connectivity index (χ3v) is 4.58. The van der Waals surface area contributed by atoms with Crippen molar-refractivity contribution in [2.75, 3.05) is 18.4 Å². The molecular weight excluding hydrogens is 359 g/mol. The number of hydrogen-bond donors (Lipinski definition) is 2. The van der Waals surface area contributed by atoms with Gasteiger partial charge in [-0.3, -0.25) is 4.79 Å². The highest BCUT2D eigenvalue weighted by atomic mass is 35.5. The monoisotopic (exact) mass is 374 g/mol. The number of halogens is 2. The van der Waals surface area contributed by atoms with Crippen LogP contribution in [-0.2, 0) is 4.79 Å². The molecule has 1 saturated heterocycles. The molecule has 0 saturated carbocycles. The van der Waals surface area contributed by atoms with Gasteiger partial charge in [0.1, 0.15) is 11.7 Å². The summed E-state index contributed by atoms with van der Waals surface area (Å²) < 4.78 is 14.2. The molecule has 134 valence electrons. The number of fused-ring (bicyclic) bond motifs is 1. The van der Waals surface area contributed by atoms with Crippen LogP contribution in [-0.4, -0.2) is 49.9 Å². The van der Waals surface area contributed by atoms with Crippen molar-refractivity contribution in [3.8, 4) is 11.4 Å². The Morgan fingerprint density at radius 1 is 1.38 bits per heavy atom. The number of H-pyrrole nitrogens is 1. The normalized spacial score (nSPS) is 15.0. The van der Waals surface area contributed by atoms with Gasteiger partial charge in [-0.15, -0.1) is 0 Å². The molecule has 0 aliphatic carbocycles. The second kappa shape index (κ2) is 6.53. The predicted molar refractivity (Wildman–Crippen MR) is 96.4 cm³/mol. The molecule has 3 aromatic rings. The first-order chi connectivity index (χ1) is 12.5. The van der Waals surface area contributed by atoms with E-state index >= 15 is 0 Å². The average molecular weight is 375 g/mol. The molecule has 4 heterocycles. The Balaban J connectivity index is 1.65. The number of hydrogen-bond acceptors (Lipinski definition) is 5. The maximum absolute atomic E-state index is 14.2. The Kier molecular flexibility index (Phi) is 4.20. The van der Waals surface area contributed by atoms with E-state index in [0.717, 1.165) is 31.1 Å². The number of nitrogens with zero attached hydrogens (tertiary/aromatic N) is 4. The molecule has 0 unspecified atom stereocenters. The summed E-state index contributed by atoms with van der Waals surface area (Å²) in [5, 5.41) is 4.07. The molecule has 2 N–H and O–H groups in total. The van der Waals surface area contributed by atoms with Crippen molar-refractivity contribution < 1.29 is 9.18 Å². The molecule has 9 heteroatoms. The van der Waals surface area contributed by atoms with Crippen LogP contribution in [0.3, 0.4) is 0 Å². The van der Waals surface area contributed by atoms with Gasteiger partial charge in [0.2, 0.25) is 5.91 Å². The Labute approximate surface area is 153 Å². The Hall–Kier alpha value is -2.74. The molecular formula is C17H16ClFN6O. The number of anilines is 1. The van der Waals surface area contributed by atoms with Crippen molar-refractivity contribution in [3.63, 3.8) is 0 Å². The lowest BCUT2D eigenvalue weighted by molar-refractivity contribution is -0.135. The Morgan fingerprint density at radius 3 is 2.92 bits per heavy atom. The van der Waals surface area contributed by atoms with Crippen LogP contribution in [0.1, 0.15) is 13.3 Å². The first kappa shape index (κ1) is 16.7. The lowest BCUT2D eigenvalue weighted by atomic mass is 10.1. The number of aromatic nitrogens is 4. The Bertz CT molecular complexity index is 987. The van der Waals surface area contributed by atoms with Crippen molar-refractivity contribution in [1.29, 1.82) is 0 Å². The topological polar surface area (TPSA) is 86.8 Å². The van der Waals surface area contributed by atoms with Crippen LogP contribution in [0, 0.1) is 5.82 Å². The minimum Gasteiger partial charge on any atom is -0.356 e. The number of nitrogens with one attached hydrogen (secondary N) is 2. The Morgan fingerprint density at radius 2 is 2.19 bits per heavy atom. The van der Waals surface area contributed by atoms with E-state index in [2.05, 4.69) is 25.3 Å². The van der Waals surface area contributed by atoms with Gasteiger partial charge in [-0.1, -0.05) is 11.6 Å². The van der Waals surface area contributed by atoms with Gasteiger partial charge in [0.05, 0.1) is 11.2 Å². The van der Waals surface area contributed by atoms with Crippen LogP contribution in [0.25, 0.3) is 22.4 Å². The summed E-state index contributed by atoms with van der Waals surface area (Å²) >= 11 is 6.01. The molecule has 4 rings (SSSR count). The predicted octanol–water partition coefficient (Wildman–Crippen LogP) is 2.85. The summed E-state index contributed by atoms with van der Waals surface area (Å²) in [6, 6.07) is 1.16. The summed E-state index contributed by atoms with van der Waals surface area (Å²) in [7, 11) is 0.